The quantitative estimate of drug-likeness (QED) is 0.609. The van der Waals surface area contributed by atoms with E-state index in [1.54, 1.807) is 26.0 Å². The fourth-order valence-electron chi connectivity index (χ4n) is 1.38. The summed E-state index contributed by atoms with van der Waals surface area (Å²) in [5, 5.41) is 22.2. The third-order valence-electron chi connectivity index (χ3n) is 2.59. The number of nitro benzene ring substituents is 1. The Kier molecular flexibility index (Phi) is 4.79. The second-order valence-corrected chi connectivity index (χ2v) is 4.26. The van der Waals surface area contributed by atoms with Crippen LogP contribution in [0.4, 0.5) is 5.69 Å². The van der Waals surface area contributed by atoms with Gasteiger partial charge in [0.1, 0.15) is 0 Å². The summed E-state index contributed by atoms with van der Waals surface area (Å²) in [6.45, 7) is 3.72. The minimum Gasteiger partial charge on any atom is -0.396 e. The van der Waals surface area contributed by atoms with Gasteiger partial charge in [-0.25, -0.2) is 0 Å². The first kappa shape index (κ1) is 14.1. The number of aliphatic hydroxyl groups is 1. The lowest BCUT2D eigenvalue weighted by Gasteiger charge is -2.09. The molecule has 1 atom stereocenters. The fraction of sp³-hybridized carbons (Fsp3) is 0.417. The summed E-state index contributed by atoms with van der Waals surface area (Å²) in [5.41, 5.74) is 0.690. The molecule has 1 aromatic rings. The fourth-order valence-corrected chi connectivity index (χ4v) is 1.38. The number of aliphatic hydroxyl groups excluding tert-OH is 1. The molecule has 0 aliphatic heterocycles. The van der Waals surface area contributed by atoms with Gasteiger partial charge in [-0.1, -0.05) is 13.0 Å². The van der Waals surface area contributed by atoms with E-state index in [2.05, 4.69) is 5.32 Å². The van der Waals surface area contributed by atoms with Gasteiger partial charge in [0.15, 0.2) is 0 Å². The summed E-state index contributed by atoms with van der Waals surface area (Å²) >= 11 is 0. The highest BCUT2D eigenvalue weighted by Gasteiger charge is 2.15. The molecule has 0 spiro atoms. The van der Waals surface area contributed by atoms with Crippen molar-refractivity contribution >= 4 is 11.6 Å². The Hall–Kier alpha value is -1.95. The lowest BCUT2D eigenvalue weighted by atomic mass is 10.1. The number of rotatable bonds is 5. The van der Waals surface area contributed by atoms with E-state index in [0.29, 0.717) is 12.1 Å². The maximum absolute atomic E-state index is 11.7. The van der Waals surface area contributed by atoms with Crippen LogP contribution in [0, 0.1) is 23.0 Å². The number of nitro groups is 1. The molecule has 0 aliphatic carbocycles. The Morgan fingerprint density at radius 1 is 1.56 bits per heavy atom. The summed E-state index contributed by atoms with van der Waals surface area (Å²) in [4.78, 5) is 22.0. The number of nitrogens with zero attached hydrogens (tertiary/aromatic N) is 1. The predicted octanol–water partition coefficient (Wildman–Crippen LogP) is 1.26. The highest BCUT2D eigenvalue weighted by atomic mass is 16.6. The van der Waals surface area contributed by atoms with Gasteiger partial charge in [0.25, 0.3) is 11.6 Å². The molecule has 1 rings (SSSR count). The van der Waals surface area contributed by atoms with Gasteiger partial charge in [0, 0.05) is 30.3 Å². The summed E-state index contributed by atoms with van der Waals surface area (Å²) in [6.07, 6.45) is 0. The van der Waals surface area contributed by atoms with Crippen LogP contribution in [0.2, 0.25) is 0 Å². The van der Waals surface area contributed by atoms with Gasteiger partial charge in [0.05, 0.1) is 4.92 Å². The van der Waals surface area contributed by atoms with Crippen molar-refractivity contribution in [1.82, 2.24) is 5.32 Å². The highest BCUT2D eigenvalue weighted by molar-refractivity contribution is 5.94. The average molecular weight is 252 g/mol. The molecule has 18 heavy (non-hydrogen) atoms. The molecular formula is C12H16N2O4. The van der Waals surface area contributed by atoms with Crippen molar-refractivity contribution < 1.29 is 14.8 Å². The molecule has 0 heterocycles. The van der Waals surface area contributed by atoms with E-state index in [1.165, 1.54) is 6.07 Å². The van der Waals surface area contributed by atoms with Crippen molar-refractivity contribution in [2.24, 2.45) is 5.92 Å². The Balaban J connectivity index is 2.80. The van der Waals surface area contributed by atoms with Crippen molar-refractivity contribution in [2.45, 2.75) is 13.8 Å². The number of nitrogens with one attached hydrogen (secondary N) is 1. The van der Waals surface area contributed by atoms with E-state index in [-0.39, 0.29) is 29.7 Å². The van der Waals surface area contributed by atoms with Crippen molar-refractivity contribution in [3.8, 4) is 0 Å². The molecule has 0 bridgehead atoms. The van der Waals surface area contributed by atoms with E-state index >= 15 is 0 Å². The zero-order valence-corrected chi connectivity index (χ0v) is 10.3. The number of hydrogen-bond donors (Lipinski definition) is 2. The van der Waals surface area contributed by atoms with E-state index in [4.69, 9.17) is 5.11 Å². The Morgan fingerprint density at radius 2 is 2.22 bits per heavy atom. The van der Waals surface area contributed by atoms with Crippen LogP contribution in [0.15, 0.2) is 18.2 Å². The SMILES string of the molecule is Cc1ccc(C(=O)NCC(C)CO)cc1[N+](=O)[O-]. The third kappa shape index (κ3) is 3.53. The van der Waals surface area contributed by atoms with Gasteiger partial charge >= 0.3 is 0 Å². The number of hydrogen-bond acceptors (Lipinski definition) is 4. The number of benzene rings is 1. The molecule has 6 nitrogen and oxygen atoms in total. The normalized spacial score (nSPS) is 11.9. The van der Waals surface area contributed by atoms with Crippen LogP contribution >= 0.6 is 0 Å². The number of amides is 1. The van der Waals surface area contributed by atoms with E-state index in [0.717, 1.165) is 0 Å². The molecule has 2 N–H and O–H groups in total. The van der Waals surface area contributed by atoms with Gasteiger partial charge in [-0.15, -0.1) is 0 Å². The molecule has 0 saturated heterocycles. The second kappa shape index (κ2) is 6.11. The molecule has 1 unspecified atom stereocenters. The lowest BCUT2D eigenvalue weighted by molar-refractivity contribution is -0.385. The van der Waals surface area contributed by atoms with Gasteiger partial charge in [0.2, 0.25) is 0 Å². The molecule has 1 aromatic carbocycles. The van der Waals surface area contributed by atoms with Crippen LogP contribution < -0.4 is 5.32 Å². The summed E-state index contributed by atoms with van der Waals surface area (Å²) < 4.78 is 0. The van der Waals surface area contributed by atoms with Crippen molar-refractivity contribution in [3.05, 3.63) is 39.4 Å². The molecular weight excluding hydrogens is 236 g/mol. The van der Waals surface area contributed by atoms with Crippen LogP contribution in [-0.2, 0) is 0 Å². The van der Waals surface area contributed by atoms with E-state index in [1.807, 2.05) is 0 Å². The molecule has 0 radical (unpaired) electrons. The molecule has 0 aliphatic rings. The third-order valence-corrected chi connectivity index (χ3v) is 2.59. The second-order valence-electron chi connectivity index (χ2n) is 4.26. The molecule has 1 amide bonds. The molecule has 98 valence electrons. The van der Waals surface area contributed by atoms with Gasteiger partial charge < -0.3 is 10.4 Å². The number of aryl methyl sites for hydroxylation is 1. The van der Waals surface area contributed by atoms with Crippen LogP contribution in [0.1, 0.15) is 22.8 Å². The largest absolute Gasteiger partial charge is 0.396 e. The maximum atomic E-state index is 11.7. The topological polar surface area (TPSA) is 92.5 Å². The molecule has 0 aromatic heterocycles. The average Bonchev–Trinajstić information content (AvgIpc) is 2.35. The van der Waals surface area contributed by atoms with Crippen molar-refractivity contribution in [3.63, 3.8) is 0 Å². The van der Waals surface area contributed by atoms with Crippen LogP contribution in [-0.4, -0.2) is 29.1 Å². The zero-order chi connectivity index (χ0) is 13.7. The van der Waals surface area contributed by atoms with E-state index in [9.17, 15) is 14.9 Å². The van der Waals surface area contributed by atoms with E-state index < -0.39 is 4.92 Å². The molecule has 0 fully saturated rings. The smallest absolute Gasteiger partial charge is 0.273 e. The number of carbonyl (C=O) groups excluding carboxylic acids is 1. The monoisotopic (exact) mass is 252 g/mol. The Labute approximate surface area is 105 Å². The highest BCUT2D eigenvalue weighted by Crippen LogP contribution is 2.19. The summed E-state index contributed by atoms with van der Waals surface area (Å²) in [6, 6.07) is 4.35. The number of carbonyl (C=O) groups is 1. The summed E-state index contributed by atoms with van der Waals surface area (Å²) in [5.74, 6) is -0.423. The molecule has 6 heteroatoms. The standard InChI is InChI=1S/C12H16N2O4/c1-8(7-15)6-13-12(16)10-4-3-9(2)11(5-10)14(17)18/h3-5,8,15H,6-7H2,1-2H3,(H,13,16). The first-order chi connectivity index (χ1) is 8.45. The Bertz CT molecular complexity index is 459. The summed E-state index contributed by atoms with van der Waals surface area (Å²) in [7, 11) is 0. The molecule has 0 saturated carbocycles. The first-order valence-electron chi connectivity index (χ1n) is 5.59. The van der Waals surface area contributed by atoms with Gasteiger partial charge in [-0.3, -0.25) is 14.9 Å². The first-order valence-corrected chi connectivity index (χ1v) is 5.59. The maximum Gasteiger partial charge on any atom is 0.273 e. The van der Waals surface area contributed by atoms with Gasteiger partial charge in [-0.2, -0.15) is 0 Å². The minimum atomic E-state index is -0.511. The zero-order valence-electron chi connectivity index (χ0n) is 10.3. The van der Waals surface area contributed by atoms with Crippen molar-refractivity contribution in [2.75, 3.05) is 13.2 Å². The van der Waals surface area contributed by atoms with Gasteiger partial charge in [-0.05, 0) is 18.9 Å². The van der Waals surface area contributed by atoms with Crippen molar-refractivity contribution in [1.29, 1.82) is 0 Å². The minimum absolute atomic E-state index is 0.0195. The predicted molar refractivity (Wildman–Crippen MR) is 66.4 cm³/mol. The van der Waals surface area contributed by atoms with Crippen LogP contribution in [0.3, 0.4) is 0 Å². The lowest BCUT2D eigenvalue weighted by Crippen LogP contribution is -2.29. The van der Waals surface area contributed by atoms with Crippen LogP contribution in [0.25, 0.3) is 0 Å². The Morgan fingerprint density at radius 3 is 2.78 bits per heavy atom. The van der Waals surface area contributed by atoms with Crippen LogP contribution in [0.5, 0.6) is 0 Å².